The Kier molecular flexibility index (Phi) is 2.95. The number of fused-ring (bicyclic) bond motifs is 1. The molecule has 1 N–H and O–H groups in total. The molecular formula is C13H15NO2. The second kappa shape index (κ2) is 4.39. The summed E-state index contributed by atoms with van der Waals surface area (Å²) in [6, 6.07) is 5.89. The Morgan fingerprint density at radius 3 is 2.94 bits per heavy atom. The van der Waals surface area contributed by atoms with Crippen LogP contribution >= 0.6 is 0 Å². The summed E-state index contributed by atoms with van der Waals surface area (Å²) in [6.45, 7) is 4.21. The van der Waals surface area contributed by atoms with E-state index < -0.39 is 0 Å². The average Bonchev–Trinajstić information content (AvgIpc) is 2.61. The zero-order valence-corrected chi connectivity index (χ0v) is 9.54. The lowest BCUT2D eigenvalue weighted by atomic mass is 10.1. The number of carbonyl (C=O) groups is 1. The number of hydrogen-bond acceptors (Lipinski definition) is 2. The fourth-order valence-corrected chi connectivity index (χ4v) is 1.83. The van der Waals surface area contributed by atoms with Gasteiger partial charge in [0.05, 0.1) is 6.61 Å². The van der Waals surface area contributed by atoms with E-state index in [0.29, 0.717) is 13.0 Å². The Hall–Kier alpha value is -1.77. The number of hydrogen-bond donors (Lipinski definition) is 1. The number of benzene rings is 1. The largest absolute Gasteiger partial charge is 0.494 e. The summed E-state index contributed by atoms with van der Waals surface area (Å²) < 4.78 is 5.44. The van der Waals surface area contributed by atoms with Gasteiger partial charge in [-0.05, 0) is 37.6 Å². The monoisotopic (exact) mass is 217 g/mol. The lowest BCUT2D eigenvalue weighted by molar-refractivity contribution is -0.116. The van der Waals surface area contributed by atoms with Crippen LogP contribution in [0.5, 0.6) is 5.75 Å². The number of rotatable bonds is 4. The molecule has 2 aromatic rings. The van der Waals surface area contributed by atoms with Crippen molar-refractivity contribution in [1.29, 1.82) is 0 Å². The first kappa shape index (κ1) is 10.7. The number of ether oxygens (including phenoxy) is 1. The van der Waals surface area contributed by atoms with Crippen molar-refractivity contribution in [3.05, 3.63) is 30.0 Å². The molecule has 0 spiro atoms. The van der Waals surface area contributed by atoms with Crippen molar-refractivity contribution in [3.8, 4) is 5.75 Å². The maximum atomic E-state index is 11.1. The maximum Gasteiger partial charge on any atom is 0.134 e. The van der Waals surface area contributed by atoms with E-state index in [0.717, 1.165) is 22.2 Å². The molecule has 0 aliphatic heterocycles. The molecule has 0 unspecified atom stereocenters. The molecule has 0 aliphatic carbocycles. The van der Waals surface area contributed by atoms with Crippen LogP contribution in [0.15, 0.2) is 24.4 Å². The number of H-pyrrole nitrogens is 1. The predicted octanol–water partition coefficient (Wildman–Crippen LogP) is 2.70. The van der Waals surface area contributed by atoms with E-state index in [4.69, 9.17) is 4.74 Å². The first-order valence-electron chi connectivity index (χ1n) is 5.43. The average molecular weight is 217 g/mol. The molecule has 0 aliphatic rings. The minimum Gasteiger partial charge on any atom is -0.494 e. The summed E-state index contributed by atoms with van der Waals surface area (Å²) in [5.74, 6) is 1.02. The van der Waals surface area contributed by atoms with E-state index in [1.165, 1.54) is 0 Å². The summed E-state index contributed by atoms with van der Waals surface area (Å²) in [6.07, 6.45) is 2.36. The Morgan fingerprint density at radius 1 is 1.44 bits per heavy atom. The molecule has 0 bridgehead atoms. The van der Waals surface area contributed by atoms with Gasteiger partial charge in [0.1, 0.15) is 11.5 Å². The zero-order valence-electron chi connectivity index (χ0n) is 9.54. The van der Waals surface area contributed by atoms with Gasteiger partial charge < -0.3 is 9.72 Å². The van der Waals surface area contributed by atoms with Crippen LogP contribution in [-0.4, -0.2) is 17.4 Å². The van der Waals surface area contributed by atoms with Crippen LogP contribution < -0.4 is 4.74 Å². The quantitative estimate of drug-likeness (QED) is 0.855. The van der Waals surface area contributed by atoms with Gasteiger partial charge in [0.15, 0.2) is 0 Å². The van der Waals surface area contributed by atoms with Crippen LogP contribution in [0.4, 0.5) is 0 Å². The molecule has 0 saturated carbocycles. The minimum absolute atomic E-state index is 0.169. The molecule has 16 heavy (non-hydrogen) atoms. The first-order chi connectivity index (χ1) is 7.70. The van der Waals surface area contributed by atoms with Crippen molar-refractivity contribution < 1.29 is 9.53 Å². The third-order valence-electron chi connectivity index (χ3n) is 2.49. The third kappa shape index (κ3) is 2.08. The highest BCUT2D eigenvalue weighted by Crippen LogP contribution is 2.24. The summed E-state index contributed by atoms with van der Waals surface area (Å²) in [7, 11) is 0. The molecule has 0 saturated heterocycles. The van der Waals surface area contributed by atoms with Crippen molar-refractivity contribution in [2.24, 2.45) is 0 Å². The molecular weight excluding hydrogens is 202 g/mol. The van der Waals surface area contributed by atoms with Crippen molar-refractivity contribution in [3.63, 3.8) is 0 Å². The number of aromatic nitrogens is 1. The van der Waals surface area contributed by atoms with Crippen LogP contribution in [0.2, 0.25) is 0 Å². The van der Waals surface area contributed by atoms with Crippen LogP contribution in [0.25, 0.3) is 10.9 Å². The smallest absolute Gasteiger partial charge is 0.134 e. The molecule has 84 valence electrons. The fraction of sp³-hybridized carbons (Fsp3) is 0.308. The normalized spacial score (nSPS) is 10.6. The van der Waals surface area contributed by atoms with Crippen LogP contribution in [0.1, 0.15) is 19.4 Å². The minimum atomic E-state index is 0.169. The molecule has 0 radical (unpaired) electrons. The van der Waals surface area contributed by atoms with Gasteiger partial charge >= 0.3 is 0 Å². The predicted molar refractivity (Wildman–Crippen MR) is 63.9 cm³/mol. The van der Waals surface area contributed by atoms with Gasteiger partial charge in [-0.3, -0.25) is 4.79 Å². The number of aromatic amines is 1. The van der Waals surface area contributed by atoms with Crippen LogP contribution in [0.3, 0.4) is 0 Å². The van der Waals surface area contributed by atoms with Gasteiger partial charge in [-0.15, -0.1) is 0 Å². The zero-order chi connectivity index (χ0) is 11.5. The number of Topliss-reactive ketones (excluding diaryl/α,β-unsaturated/α-hetero) is 1. The van der Waals surface area contributed by atoms with Gasteiger partial charge in [-0.2, -0.15) is 0 Å². The van der Waals surface area contributed by atoms with Crippen molar-refractivity contribution in [2.45, 2.75) is 20.3 Å². The summed E-state index contributed by atoms with van der Waals surface area (Å²) in [5.41, 5.74) is 2.07. The first-order valence-corrected chi connectivity index (χ1v) is 5.43. The number of nitrogens with one attached hydrogen (secondary N) is 1. The molecule has 0 fully saturated rings. The standard InChI is InChI=1S/C13H15NO2/c1-3-16-11-4-5-13-12(7-11)10(8-14-13)6-9(2)15/h4-5,7-8,14H,3,6H2,1-2H3. The van der Waals surface area contributed by atoms with E-state index in [-0.39, 0.29) is 5.78 Å². The van der Waals surface area contributed by atoms with Gasteiger partial charge in [-0.1, -0.05) is 0 Å². The van der Waals surface area contributed by atoms with E-state index in [9.17, 15) is 4.79 Å². The molecule has 3 heteroatoms. The Bertz CT molecular complexity index is 514. The summed E-state index contributed by atoms with van der Waals surface area (Å²) >= 11 is 0. The maximum absolute atomic E-state index is 11.1. The number of carbonyl (C=O) groups excluding carboxylic acids is 1. The number of ketones is 1. The van der Waals surface area contributed by atoms with Crippen LogP contribution in [-0.2, 0) is 11.2 Å². The highest BCUT2D eigenvalue weighted by molar-refractivity contribution is 5.89. The van der Waals surface area contributed by atoms with Gasteiger partial charge in [0.2, 0.25) is 0 Å². The van der Waals surface area contributed by atoms with E-state index in [1.807, 2.05) is 31.3 Å². The lowest BCUT2D eigenvalue weighted by Crippen LogP contribution is -1.95. The molecule has 0 amide bonds. The molecule has 1 aromatic carbocycles. The van der Waals surface area contributed by atoms with Crippen molar-refractivity contribution >= 4 is 16.7 Å². The molecule has 2 rings (SSSR count). The summed E-state index contributed by atoms with van der Waals surface area (Å²) in [4.78, 5) is 14.3. The Balaban J connectivity index is 2.42. The SMILES string of the molecule is CCOc1ccc2[nH]cc(CC(C)=O)c2c1. The van der Waals surface area contributed by atoms with Gasteiger partial charge in [-0.25, -0.2) is 0 Å². The lowest BCUT2D eigenvalue weighted by Gasteiger charge is -2.03. The van der Waals surface area contributed by atoms with E-state index >= 15 is 0 Å². The molecule has 1 heterocycles. The second-order valence-electron chi connectivity index (χ2n) is 3.83. The van der Waals surface area contributed by atoms with Gasteiger partial charge in [0.25, 0.3) is 0 Å². The Labute approximate surface area is 94.4 Å². The van der Waals surface area contributed by atoms with Crippen molar-refractivity contribution in [2.75, 3.05) is 6.61 Å². The fourth-order valence-electron chi connectivity index (χ4n) is 1.83. The van der Waals surface area contributed by atoms with Crippen molar-refractivity contribution in [1.82, 2.24) is 4.98 Å². The highest BCUT2D eigenvalue weighted by atomic mass is 16.5. The highest BCUT2D eigenvalue weighted by Gasteiger charge is 2.06. The summed E-state index contributed by atoms with van der Waals surface area (Å²) in [5, 5.41) is 1.07. The molecule has 0 atom stereocenters. The van der Waals surface area contributed by atoms with E-state index in [1.54, 1.807) is 6.92 Å². The van der Waals surface area contributed by atoms with E-state index in [2.05, 4.69) is 4.98 Å². The van der Waals surface area contributed by atoms with Crippen LogP contribution in [0, 0.1) is 0 Å². The topological polar surface area (TPSA) is 42.1 Å². The van der Waals surface area contributed by atoms with Gasteiger partial charge in [0, 0.05) is 23.5 Å². The second-order valence-corrected chi connectivity index (χ2v) is 3.83. The molecule has 1 aromatic heterocycles. The Morgan fingerprint density at radius 2 is 2.25 bits per heavy atom. The molecule has 3 nitrogen and oxygen atoms in total. The third-order valence-corrected chi connectivity index (χ3v) is 2.49.